The fourth-order valence-corrected chi connectivity index (χ4v) is 2.94. The minimum Gasteiger partial charge on any atom is -0.460 e. The number of anilines is 1. The molecule has 0 saturated carbocycles. The molecule has 0 aliphatic heterocycles. The quantitative estimate of drug-likeness (QED) is 0.510. The highest BCUT2D eigenvalue weighted by Crippen LogP contribution is 2.26. The van der Waals surface area contributed by atoms with Gasteiger partial charge in [-0.05, 0) is 65.0 Å². The minimum atomic E-state index is -0.654. The van der Waals surface area contributed by atoms with Gasteiger partial charge in [0.2, 0.25) is 0 Å². The molecule has 2 aromatic carbocycles. The Hall–Kier alpha value is -2.97. The van der Waals surface area contributed by atoms with Gasteiger partial charge in [-0.3, -0.25) is 0 Å². The van der Waals surface area contributed by atoms with Crippen molar-refractivity contribution in [1.82, 2.24) is 14.8 Å². The third-order valence-electron chi connectivity index (χ3n) is 4.35. The Morgan fingerprint density at radius 2 is 1.88 bits per heavy atom. The second-order valence-corrected chi connectivity index (χ2v) is 8.82. The van der Waals surface area contributed by atoms with E-state index in [2.05, 4.69) is 15.4 Å². The molecule has 172 valence electrons. The van der Waals surface area contributed by atoms with Crippen molar-refractivity contribution in [2.24, 2.45) is 0 Å². The lowest BCUT2D eigenvalue weighted by molar-refractivity contribution is -0.0449. The van der Waals surface area contributed by atoms with Crippen LogP contribution in [0.5, 0.6) is 6.01 Å². The van der Waals surface area contributed by atoms with Crippen LogP contribution in [0.4, 0.5) is 10.1 Å². The zero-order valence-electron chi connectivity index (χ0n) is 19.2. The lowest BCUT2D eigenvalue weighted by Gasteiger charge is -2.22. The van der Waals surface area contributed by atoms with Crippen molar-refractivity contribution in [3.63, 3.8) is 0 Å². The van der Waals surface area contributed by atoms with E-state index in [4.69, 9.17) is 9.47 Å². The third kappa shape index (κ3) is 6.77. The number of rotatable bonds is 9. The fourth-order valence-electron chi connectivity index (χ4n) is 2.94. The summed E-state index contributed by atoms with van der Waals surface area (Å²) in [6.07, 6.45) is -0.755. The van der Waals surface area contributed by atoms with E-state index in [0.717, 1.165) is 11.4 Å². The van der Waals surface area contributed by atoms with Gasteiger partial charge in [-0.15, -0.1) is 5.10 Å². The highest BCUT2D eigenvalue weighted by Gasteiger charge is 2.17. The maximum absolute atomic E-state index is 13.8. The lowest BCUT2D eigenvalue weighted by Crippen LogP contribution is -2.30. The molecule has 3 rings (SSSR count). The molecule has 0 aliphatic rings. The topological polar surface area (TPSA) is 81.4 Å². The molecule has 0 fully saturated rings. The number of benzene rings is 2. The average molecular weight is 443 g/mol. The summed E-state index contributed by atoms with van der Waals surface area (Å²) in [5.41, 5.74) is 1.80. The minimum absolute atomic E-state index is 0.101. The SMILES string of the molecule is CC(C)Oc1nc(-c2cccc(F)c2)n(-c2cccc(NC[C@@H](O)COC(C)(C)C)c2)n1. The molecule has 0 spiro atoms. The normalized spacial score (nSPS) is 12.8. The second-order valence-electron chi connectivity index (χ2n) is 8.82. The molecule has 0 bridgehead atoms. The zero-order chi connectivity index (χ0) is 23.3. The first-order valence-corrected chi connectivity index (χ1v) is 10.7. The number of nitrogens with one attached hydrogen (secondary N) is 1. The van der Waals surface area contributed by atoms with E-state index in [1.807, 2.05) is 58.9 Å². The van der Waals surface area contributed by atoms with Crippen LogP contribution in [-0.2, 0) is 4.74 Å². The fraction of sp³-hybridized carbons (Fsp3) is 0.417. The summed E-state index contributed by atoms with van der Waals surface area (Å²) < 4.78 is 26.8. The van der Waals surface area contributed by atoms with E-state index >= 15 is 0 Å². The molecule has 0 amide bonds. The molecule has 1 aromatic heterocycles. The third-order valence-corrected chi connectivity index (χ3v) is 4.35. The molecule has 0 radical (unpaired) electrons. The first-order valence-electron chi connectivity index (χ1n) is 10.7. The summed E-state index contributed by atoms with van der Waals surface area (Å²) in [6, 6.07) is 13.9. The van der Waals surface area contributed by atoms with E-state index < -0.39 is 6.10 Å². The summed E-state index contributed by atoms with van der Waals surface area (Å²) in [5.74, 6) is 0.112. The highest BCUT2D eigenvalue weighted by atomic mass is 19.1. The van der Waals surface area contributed by atoms with Crippen LogP contribution < -0.4 is 10.1 Å². The summed E-state index contributed by atoms with van der Waals surface area (Å²) in [7, 11) is 0. The molecular formula is C24H31FN4O3. The molecule has 0 aliphatic carbocycles. The van der Waals surface area contributed by atoms with Gasteiger partial charge in [0.25, 0.3) is 0 Å². The van der Waals surface area contributed by atoms with E-state index in [1.165, 1.54) is 12.1 Å². The van der Waals surface area contributed by atoms with Crippen molar-refractivity contribution in [3.05, 3.63) is 54.3 Å². The number of hydrogen-bond donors (Lipinski definition) is 2. The van der Waals surface area contributed by atoms with Gasteiger partial charge in [0, 0.05) is 17.8 Å². The molecule has 1 heterocycles. The van der Waals surface area contributed by atoms with Gasteiger partial charge in [-0.25, -0.2) is 9.07 Å². The summed E-state index contributed by atoms with van der Waals surface area (Å²) in [4.78, 5) is 4.48. The molecule has 0 saturated heterocycles. The second kappa shape index (κ2) is 10.1. The van der Waals surface area contributed by atoms with Crippen molar-refractivity contribution in [1.29, 1.82) is 0 Å². The van der Waals surface area contributed by atoms with Gasteiger partial charge in [0.1, 0.15) is 5.82 Å². The average Bonchev–Trinajstić information content (AvgIpc) is 3.13. The van der Waals surface area contributed by atoms with E-state index in [1.54, 1.807) is 16.8 Å². The zero-order valence-corrected chi connectivity index (χ0v) is 19.2. The molecule has 3 aromatic rings. The van der Waals surface area contributed by atoms with Crippen LogP contribution in [0, 0.1) is 5.82 Å². The number of aromatic nitrogens is 3. The number of nitrogens with zero attached hydrogens (tertiary/aromatic N) is 3. The van der Waals surface area contributed by atoms with E-state index in [0.29, 0.717) is 17.9 Å². The van der Waals surface area contributed by atoms with Crippen LogP contribution in [0.25, 0.3) is 17.1 Å². The highest BCUT2D eigenvalue weighted by molar-refractivity contribution is 5.60. The molecule has 1 atom stereocenters. The Labute approximate surface area is 188 Å². The first-order chi connectivity index (χ1) is 15.1. The number of hydrogen-bond acceptors (Lipinski definition) is 6. The predicted octanol–water partition coefficient (Wildman–Crippen LogP) is 4.45. The van der Waals surface area contributed by atoms with Crippen LogP contribution in [0.3, 0.4) is 0 Å². The number of halogens is 1. The van der Waals surface area contributed by atoms with Crippen molar-refractivity contribution in [3.8, 4) is 23.1 Å². The van der Waals surface area contributed by atoms with Crippen molar-refractivity contribution in [2.45, 2.75) is 52.4 Å². The Morgan fingerprint density at radius 3 is 2.56 bits per heavy atom. The maximum Gasteiger partial charge on any atom is 0.336 e. The van der Waals surface area contributed by atoms with E-state index in [9.17, 15) is 9.50 Å². The van der Waals surface area contributed by atoms with Gasteiger partial charge in [-0.1, -0.05) is 18.2 Å². The molecular weight excluding hydrogens is 411 g/mol. The monoisotopic (exact) mass is 442 g/mol. The van der Waals surface area contributed by atoms with Crippen LogP contribution >= 0.6 is 0 Å². The smallest absolute Gasteiger partial charge is 0.336 e. The molecule has 32 heavy (non-hydrogen) atoms. The van der Waals surface area contributed by atoms with Crippen molar-refractivity contribution in [2.75, 3.05) is 18.5 Å². The molecule has 2 N–H and O–H groups in total. The molecule has 7 nitrogen and oxygen atoms in total. The summed E-state index contributed by atoms with van der Waals surface area (Å²) in [5, 5.41) is 17.9. The Kier molecular flexibility index (Phi) is 7.48. The number of aliphatic hydroxyl groups excluding tert-OH is 1. The van der Waals surface area contributed by atoms with Gasteiger partial charge < -0.3 is 19.9 Å². The summed E-state index contributed by atoms with van der Waals surface area (Å²) >= 11 is 0. The van der Waals surface area contributed by atoms with Crippen molar-refractivity contribution < 1.29 is 19.0 Å². The first kappa shape index (κ1) is 23.7. The van der Waals surface area contributed by atoms with Crippen LogP contribution in [0.1, 0.15) is 34.6 Å². The predicted molar refractivity (Wildman–Crippen MR) is 123 cm³/mol. The number of ether oxygens (including phenoxy) is 2. The number of aliphatic hydroxyl groups is 1. The van der Waals surface area contributed by atoms with Gasteiger partial charge in [0.05, 0.1) is 30.1 Å². The lowest BCUT2D eigenvalue weighted by atomic mass is 10.2. The molecule has 0 unspecified atom stereocenters. The summed E-state index contributed by atoms with van der Waals surface area (Å²) in [6.45, 7) is 10.2. The van der Waals surface area contributed by atoms with Gasteiger partial charge in [-0.2, -0.15) is 4.98 Å². The Balaban J connectivity index is 1.83. The van der Waals surface area contributed by atoms with Crippen LogP contribution in [-0.4, -0.2) is 50.8 Å². The van der Waals surface area contributed by atoms with E-state index in [-0.39, 0.29) is 30.1 Å². The van der Waals surface area contributed by atoms with Crippen molar-refractivity contribution >= 4 is 5.69 Å². The van der Waals surface area contributed by atoms with Crippen LogP contribution in [0.2, 0.25) is 0 Å². The van der Waals surface area contributed by atoms with Gasteiger partial charge >= 0.3 is 6.01 Å². The van der Waals surface area contributed by atoms with Crippen LogP contribution in [0.15, 0.2) is 48.5 Å². The molecule has 8 heteroatoms. The standard InChI is InChI=1S/C24H31FN4O3/c1-16(2)32-23-27-22(17-8-6-9-18(25)12-17)29(28-23)20-11-7-10-19(13-20)26-14-21(30)15-31-24(3,4)5/h6-13,16,21,26,30H,14-15H2,1-5H3/t21-/m1/s1. The largest absolute Gasteiger partial charge is 0.460 e. The Bertz CT molecular complexity index is 1030. The van der Waals surface area contributed by atoms with Gasteiger partial charge in [0.15, 0.2) is 5.82 Å². The maximum atomic E-state index is 13.8. The Morgan fingerprint density at radius 1 is 1.12 bits per heavy atom.